The Hall–Kier alpha value is -2.54. The lowest BCUT2D eigenvalue weighted by Crippen LogP contribution is -2.41. The van der Waals surface area contributed by atoms with Crippen molar-refractivity contribution in [3.63, 3.8) is 0 Å². The van der Waals surface area contributed by atoms with Gasteiger partial charge in [-0.3, -0.25) is 9.59 Å². The van der Waals surface area contributed by atoms with Gasteiger partial charge in [-0.05, 0) is 30.4 Å². The highest BCUT2D eigenvalue weighted by molar-refractivity contribution is 7.12. The maximum atomic E-state index is 12.5. The van der Waals surface area contributed by atoms with E-state index in [9.17, 15) is 9.59 Å². The Morgan fingerprint density at radius 1 is 1.33 bits per heavy atom. The fourth-order valence-corrected chi connectivity index (χ4v) is 3.46. The van der Waals surface area contributed by atoms with Crippen LogP contribution < -0.4 is 5.73 Å². The summed E-state index contributed by atoms with van der Waals surface area (Å²) < 4.78 is 0. The molecule has 1 fully saturated rings. The summed E-state index contributed by atoms with van der Waals surface area (Å²) >= 11 is 1.45. The van der Waals surface area contributed by atoms with Crippen LogP contribution in [0.3, 0.4) is 0 Å². The smallest absolute Gasteiger partial charge is 0.246 e. The molecule has 24 heavy (non-hydrogen) atoms. The number of rotatable bonds is 4. The molecule has 6 nitrogen and oxygen atoms in total. The second-order valence-corrected chi connectivity index (χ2v) is 6.62. The Kier molecular flexibility index (Phi) is 5.00. The lowest BCUT2D eigenvalue weighted by Gasteiger charge is -2.31. The van der Waals surface area contributed by atoms with Crippen molar-refractivity contribution in [1.29, 1.82) is 0 Å². The normalized spacial score (nSPS) is 18.0. The summed E-state index contributed by atoms with van der Waals surface area (Å²) in [5.74, 6) is 0.118. The number of nitrogens with two attached hydrogens (primary N) is 1. The molecule has 1 unspecified atom stereocenters. The summed E-state index contributed by atoms with van der Waals surface area (Å²) in [6.45, 7) is 1.15. The predicted molar refractivity (Wildman–Crippen MR) is 93.4 cm³/mol. The largest absolute Gasteiger partial charge is 0.368 e. The standard InChI is InChI=1S/C17H18N4O2S/c18-17-19-9-12(10-20-17)5-6-15(22)21-7-1-3-13(11-21)16(23)14-4-2-8-24-14/h2,4-6,8-10,13H,1,3,7,11H2,(H2,18,19,20)/b6-5+. The zero-order valence-electron chi connectivity index (χ0n) is 13.1. The van der Waals surface area contributed by atoms with Gasteiger partial charge >= 0.3 is 0 Å². The van der Waals surface area contributed by atoms with Gasteiger partial charge in [0.15, 0.2) is 5.78 Å². The predicted octanol–water partition coefficient (Wildman–Crippen LogP) is 2.26. The van der Waals surface area contributed by atoms with Crippen molar-refractivity contribution in [2.45, 2.75) is 12.8 Å². The van der Waals surface area contributed by atoms with Crippen molar-refractivity contribution < 1.29 is 9.59 Å². The van der Waals surface area contributed by atoms with Crippen molar-refractivity contribution in [3.8, 4) is 0 Å². The number of carbonyl (C=O) groups excluding carboxylic acids is 2. The van der Waals surface area contributed by atoms with Gasteiger partial charge < -0.3 is 10.6 Å². The van der Waals surface area contributed by atoms with E-state index in [0.29, 0.717) is 18.7 Å². The monoisotopic (exact) mass is 342 g/mol. The van der Waals surface area contributed by atoms with Gasteiger partial charge in [0.05, 0.1) is 4.88 Å². The van der Waals surface area contributed by atoms with Crippen molar-refractivity contribution in [2.24, 2.45) is 5.92 Å². The van der Waals surface area contributed by atoms with Crippen molar-refractivity contribution in [1.82, 2.24) is 14.9 Å². The molecule has 1 aliphatic rings. The van der Waals surface area contributed by atoms with Gasteiger partial charge in [0.25, 0.3) is 0 Å². The molecule has 3 rings (SSSR count). The van der Waals surface area contributed by atoms with Crippen molar-refractivity contribution in [3.05, 3.63) is 46.4 Å². The van der Waals surface area contributed by atoms with E-state index in [4.69, 9.17) is 5.73 Å². The van der Waals surface area contributed by atoms with Gasteiger partial charge in [0.1, 0.15) is 0 Å². The molecule has 0 aromatic carbocycles. The Balaban J connectivity index is 1.62. The number of nitrogen functional groups attached to an aromatic ring is 1. The van der Waals surface area contributed by atoms with E-state index in [1.807, 2.05) is 17.5 Å². The minimum atomic E-state index is -0.116. The average Bonchev–Trinajstić information content (AvgIpc) is 3.15. The molecule has 2 N–H and O–H groups in total. The molecule has 1 aliphatic heterocycles. The Labute approximate surface area is 144 Å². The number of likely N-dealkylation sites (tertiary alicyclic amines) is 1. The molecule has 1 saturated heterocycles. The molecule has 0 radical (unpaired) electrons. The zero-order valence-corrected chi connectivity index (χ0v) is 13.9. The van der Waals surface area contributed by atoms with Crippen LogP contribution in [0.5, 0.6) is 0 Å². The van der Waals surface area contributed by atoms with Crippen LogP contribution in [0.2, 0.25) is 0 Å². The molecule has 0 aliphatic carbocycles. The van der Waals surface area contributed by atoms with Crippen LogP contribution in [0, 0.1) is 5.92 Å². The number of carbonyl (C=O) groups is 2. The number of ketones is 1. The number of piperidine rings is 1. The molecule has 124 valence electrons. The highest BCUT2D eigenvalue weighted by Gasteiger charge is 2.28. The number of thiophene rings is 1. The molecule has 0 saturated carbocycles. The number of anilines is 1. The van der Waals surface area contributed by atoms with Crippen LogP contribution >= 0.6 is 11.3 Å². The van der Waals surface area contributed by atoms with Gasteiger partial charge in [0.2, 0.25) is 11.9 Å². The molecule has 1 amide bonds. The van der Waals surface area contributed by atoms with Crippen LogP contribution in [0.25, 0.3) is 6.08 Å². The minimum Gasteiger partial charge on any atom is -0.368 e. The first-order valence-corrected chi connectivity index (χ1v) is 8.63. The van der Waals surface area contributed by atoms with Crippen LogP contribution in [-0.2, 0) is 4.79 Å². The lowest BCUT2D eigenvalue weighted by molar-refractivity contribution is -0.127. The van der Waals surface area contributed by atoms with E-state index in [1.165, 1.54) is 17.4 Å². The highest BCUT2D eigenvalue weighted by atomic mass is 32.1. The SMILES string of the molecule is Nc1ncc(/C=C/C(=O)N2CCCC(C(=O)c3cccs3)C2)cn1. The van der Waals surface area contributed by atoms with E-state index in [2.05, 4.69) is 9.97 Å². The number of hydrogen-bond acceptors (Lipinski definition) is 6. The third kappa shape index (κ3) is 3.86. The van der Waals surface area contributed by atoms with E-state index < -0.39 is 0 Å². The lowest BCUT2D eigenvalue weighted by atomic mass is 9.93. The minimum absolute atomic E-state index is 0.101. The summed E-state index contributed by atoms with van der Waals surface area (Å²) in [6.07, 6.45) is 7.94. The summed E-state index contributed by atoms with van der Waals surface area (Å²) in [4.78, 5) is 35.1. The Bertz CT molecular complexity index is 740. The maximum absolute atomic E-state index is 12.5. The number of nitrogens with zero attached hydrogens (tertiary/aromatic N) is 3. The molecular weight excluding hydrogens is 324 g/mol. The molecule has 7 heteroatoms. The molecular formula is C17H18N4O2S. The topological polar surface area (TPSA) is 89.2 Å². The third-order valence-corrected chi connectivity index (χ3v) is 4.86. The number of amides is 1. The van der Waals surface area contributed by atoms with Gasteiger partial charge in [-0.1, -0.05) is 6.07 Å². The van der Waals surface area contributed by atoms with Crippen molar-refractivity contribution >= 4 is 35.1 Å². The third-order valence-electron chi connectivity index (χ3n) is 3.98. The zero-order chi connectivity index (χ0) is 16.9. The Morgan fingerprint density at radius 3 is 2.83 bits per heavy atom. The van der Waals surface area contributed by atoms with Gasteiger partial charge in [-0.15, -0.1) is 11.3 Å². The molecule has 0 bridgehead atoms. The number of hydrogen-bond donors (Lipinski definition) is 1. The fourth-order valence-electron chi connectivity index (χ4n) is 2.72. The van der Waals surface area contributed by atoms with E-state index >= 15 is 0 Å². The quantitative estimate of drug-likeness (QED) is 0.680. The van der Waals surface area contributed by atoms with Gasteiger partial charge in [-0.25, -0.2) is 9.97 Å². The van der Waals surface area contributed by atoms with Gasteiger partial charge in [-0.2, -0.15) is 0 Å². The first-order valence-electron chi connectivity index (χ1n) is 7.75. The highest BCUT2D eigenvalue weighted by Crippen LogP contribution is 2.23. The second kappa shape index (κ2) is 7.35. The first-order chi connectivity index (χ1) is 11.6. The van der Waals surface area contributed by atoms with E-state index in [0.717, 1.165) is 17.7 Å². The first kappa shape index (κ1) is 16.3. The number of Topliss-reactive ketones (excluding diaryl/α,β-unsaturated/α-hetero) is 1. The van der Waals surface area contributed by atoms with E-state index in [-0.39, 0.29) is 23.6 Å². The summed E-state index contributed by atoms with van der Waals surface area (Å²) in [6, 6.07) is 3.72. The molecule has 2 aromatic heterocycles. The van der Waals surface area contributed by atoms with Crippen LogP contribution in [0.4, 0.5) is 5.95 Å². The van der Waals surface area contributed by atoms with E-state index in [1.54, 1.807) is 23.4 Å². The molecule has 0 spiro atoms. The van der Waals surface area contributed by atoms with Gasteiger partial charge in [0, 0.05) is 43.0 Å². The number of aromatic nitrogens is 2. The maximum Gasteiger partial charge on any atom is 0.246 e. The second-order valence-electron chi connectivity index (χ2n) is 5.67. The fraction of sp³-hybridized carbons (Fsp3) is 0.294. The van der Waals surface area contributed by atoms with Crippen molar-refractivity contribution in [2.75, 3.05) is 18.8 Å². The average molecular weight is 342 g/mol. The molecule has 1 atom stereocenters. The van der Waals surface area contributed by atoms with Crippen LogP contribution in [0.1, 0.15) is 28.1 Å². The molecule has 3 heterocycles. The van der Waals surface area contributed by atoms with Crippen LogP contribution in [0.15, 0.2) is 36.0 Å². The van der Waals surface area contributed by atoms with Crippen LogP contribution in [-0.4, -0.2) is 39.6 Å². The summed E-state index contributed by atoms with van der Waals surface area (Å²) in [7, 11) is 0. The molecule has 2 aromatic rings. The summed E-state index contributed by atoms with van der Waals surface area (Å²) in [5.41, 5.74) is 6.14. The Morgan fingerprint density at radius 2 is 2.12 bits per heavy atom. The summed E-state index contributed by atoms with van der Waals surface area (Å²) in [5, 5.41) is 1.90.